The minimum atomic E-state index is 0.596. The summed E-state index contributed by atoms with van der Waals surface area (Å²) in [6.07, 6.45) is 0.821. The molecule has 0 aliphatic carbocycles. The van der Waals surface area contributed by atoms with E-state index in [1.165, 1.54) is 5.56 Å². The minimum Gasteiger partial charge on any atom is -0.493 e. The van der Waals surface area contributed by atoms with Gasteiger partial charge in [0, 0.05) is 6.42 Å². The van der Waals surface area contributed by atoms with Gasteiger partial charge >= 0.3 is 0 Å². The van der Waals surface area contributed by atoms with E-state index in [1.54, 1.807) is 0 Å². The minimum absolute atomic E-state index is 0.596. The monoisotopic (exact) mass is 271 g/mol. The van der Waals surface area contributed by atoms with Crippen LogP contribution in [0.3, 0.4) is 0 Å². The maximum atomic E-state index is 5.81. The van der Waals surface area contributed by atoms with Crippen LogP contribution in [0.15, 0.2) is 42.5 Å². The predicted molar refractivity (Wildman–Crippen MR) is 82.4 cm³/mol. The van der Waals surface area contributed by atoms with Gasteiger partial charge in [-0.15, -0.1) is 0 Å². The number of nitrogen functional groups attached to an aromatic ring is 1. The smallest absolute Gasteiger partial charge is 0.142 e. The molecule has 106 valence electrons. The molecule has 2 rings (SSSR count). The highest BCUT2D eigenvalue weighted by atomic mass is 16.5. The van der Waals surface area contributed by atoms with E-state index in [-0.39, 0.29) is 0 Å². The Kier molecular flexibility index (Phi) is 4.88. The van der Waals surface area contributed by atoms with E-state index in [4.69, 9.17) is 15.2 Å². The zero-order valence-corrected chi connectivity index (χ0v) is 12.1. The van der Waals surface area contributed by atoms with E-state index in [0.29, 0.717) is 18.9 Å². The van der Waals surface area contributed by atoms with Crippen molar-refractivity contribution in [2.45, 2.75) is 20.3 Å². The van der Waals surface area contributed by atoms with Gasteiger partial charge in [-0.25, -0.2) is 0 Å². The fraction of sp³-hybridized carbons (Fsp3) is 0.294. The lowest BCUT2D eigenvalue weighted by Gasteiger charge is -2.11. The summed E-state index contributed by atoms with van der Waals surface area (Å²) in [6, 6.07) is 13.7. The molecule has 2 aromatic carbocycles. The Morgan fingerprint density at radius 1 is 0.900 bits per heavy atom. The van der Waals surface area contributed by atoms with Crippen LogP contribution in [-0.2, 0) is 0 Å². The van der Waals surface area contributed by atoms with Gasteiger partial charge in [0.1, 0.15) is 11.5 Å². The first-order valence-electron chi connectivity index (χ1n) is 6.84. The van der Waals surface area contributed by atoms with Crippen LogP contribution in [0.25, 0.3) is 0 Å². The molecule has 0 unspecified atom stereocenters. The van der Waals surface area contributed by atoms with E-state index in [9.17, 15) is 0 Å². The van der Waals surface area contributed by atoms with Gasteiger partial charge in [-0.3, -0.25) is 0 Å². The van der Waals surface area contributed by atoms with Crippen molar-refractivity contribution in [2.24, 2.45) is 0 Å². The first-order valence-corrected chi connectivity index (χ1v) is 6.84. The molecular weight excluding hydrogens is 250 g/mol. The fourth-order valence-electron chi connectivity index (χ4n) is 1.90. The summed E-state index contributed by atoms with van der Waals surface area (Å²) in [5.74, 6) is 1.68. The van der Waals surface area contributed by atoms with Crippen LogP contribution in [0.5, 0.6) is 11.5 Å². The molecule has 0 saturated carbocycles. The maximum absolute atomic E-state index is 5.81. The second kappa shape index (κ2) is 6.85. The Morgan fingerprint density at radius 2 is 1.60 bits per heavy atom. The third-order valence-electron chi connectivity index (χ3n) is 3.07. The van der Waals surface area contributed by atoms with Crippen molar-refractivity contribution in [2.75, 3.05) is 18.9 Å². The summed E-state index contributed by atoms with van der Waals surface area (Å²) in [6.45, 7) is 5.35. The molecule has 2 N–H and O–H groups in total. The van der Waals surface area contributed by atoms with Crippen molar-refractivity contribution in [3.8, 4) is 11.5 Å². The number of nitrogens with two attached hydrogens (primary N) is 1. The van der Waals surface area contributed by atoms with Crippen LogP contribution in [0.1, 0.15) is 17.5 Å². The van der Waals surface area contributed by atoms with Crippen molar-refractivity contribution >= 4 is 5.69 Å². The van der Waals surface area contributed by atoms with Gasteiger partial charge in [0.15, 0.2) is 0 Å². The zero-order valence-electron chi connectivity index (χ0n) is 12.1. The molecule has 0 aliphatic heterocycles. The number of hydrogen-bond acceptors (Lipinski definition) is 3. The van der Waals surface area contributed by atoms with Crippen molar-refractivity contribution in [1.29, 1.82) is 0 Å². The molecule has 0 aliphatic rings. The highest BCUT2D eigenvalue weighted by molar-refractivity contribution is 5.51. The first kappa shape index (κ1) is 14.3. The molecule has 0 heterocycles. The van der Waals surface area contributed by atoms with Gasteiger partial charge in [-0.2, -0.15) is 0 Å². The van der Waals surface area contributed by atoms with Crippen molar-refractivity contribution in [3.63, 3.8) is 0 Å². The second-order valence-electron chi connectivity index (χ2n) is 4.86. The Bertz CT molecular complexity index is 567. The highest BCUT2D eigenvalue weighted by Gasteiger charge is 2.01. The molecule has 0 saturated heterocycles. The Balaban J connectivity index is 1.74. The van der Waals surface area contributed by atoms with Crippen LogP contribution >= 0.6 is 0 Å². The van der Waals surface area contributed by atoms with E-state index in [0.717, 1.165) is 23.5 Å². The third kappa shape index (κ3) is 3.92. The first-order chi connectivity index (χ1) is 9.66. The summed E-state index contributed by atoms with van der Waals surface area (Å²) in [5, 5.41) is 0. The molecular formula is C17H21NO2. The molecule has 0 aromatic heterocycles. The summed E-state index contributed by atoms with van der Waals surface area (Å²) < 4.78 is 11.4. The molecule has 3 nitrogen and oxygen atoms in total. The van der Waals surface area contributed by atoms with Gasteiger partial charge in [0.25, 0.3) is 0 Å². The Labute approximate surface area is 120 Å². The molecule has 0 bridgehead atoms. The second-order valence-corrected chi connectivity index (χ2v) is 4.86. The van der Waals surface area contributed by atoms with Crippen molar-refractivity contribution < 1.29 is 9.47 Å². The molecule has 0 fully saturated rings. The zero-order chi connectivity index (χ0) is 14.4. The standard InChI is InChI=1S/C17H21NO2/c1-13-8-9-14(2)17(12-13)20-11-5-10-19-16-7-4-3-6-15(16)18/h3-4,6-9,12H,5,10-11,18H2,1-2H3. The fourth-order valence-corrected chi connectivity index (χ4v) is 1.90. The van der Waals surface area contributed by atoms with E-state index in [1.807, 2.05) is 24.3 Å². The summed E-state index contributed by atoms with van der Waals surface area (Å²) in [4.78, 5) is 0. The molecule has 3 heteroatoms. The maximum Gasteiger partial charge on any atom is 0.142 e. The van der Waals surface area contributed by atoms with E-state index in [2.05, 4.69) is 32.0 Å². The molecule has 0 radical (unpaired) electrons. The van der Waals surface area contributed by atoms with Gasteiger partial charge in [0.2, 0.25) is 0 Å². The normalized spacial score (nSPS) is 10.3. The Hall–Kier alpha value is -2.16. The number of benzene rings is 2. The summed E-state index contributed by atoms with van der Waals surface area (Å²) in [5.41, 5.74) is 8.84. The van der Waals surface area contributed by atoms with E-state index >= 15 is 0 Å². The van der Waals surface area contributed by atoms with Gasteiger partial charge < -0.3 is 15.2 Å². The Morgan fingerprint density at radius 3 is 2.35 bits per heavy atom. The van der Waals surface area contributed by atoms with Gasteiger partial charge in [-0.1, -0.05) is 24.3 Å². The van der Waals surface area contributed by atoms with Crippen LogP contribution in [0.4, 0.5) is 5.69 Å². The number of para-hydroxylation sites is 2. The summed E-state index contributed by atoms with van der Waals surface area (Å²) in [7, 11) is 0. The largest absolute Gasteiger partial charge is 0.493 e. The van der Waals surface area contributed by atoms with Gasteiger partial charge in [0.05, 0.1) is 18.9 Å². The molecule has 0 spiro atoms. The number of rotatable bonds is 6. The van der Waals surface area contributed by atoms with Gasteiger partial charge in [-0.05, 0) is 43.2 Å². The predicted octanol–water partition coefficient (Wildman–Crippen LogP) is 3.73. The van der Waals surface area contributed by atoms with Crippen LogP contribution in [-0.4, -0.2) is 13.2 Å². The van der Waals surface area contributed by atoms with Crippen LogP contribution < -0.4 is 15.2 Å². The molecule has 20 heavy (non-hydrogen) atoms. The average Bonchev–Trinajstić information content (AvgIpc) is 2.44. The molecule has 0 atom stereocenters. The summed E-state index contributed by atoms with van der Waals surface area (Å²) >= 11 is 0. The van der Waals surface area contributed by atoms with Crippen LogP contribution in [0, 0.1) is 13.8 Å². The number of hydrogen-bond donors (Lipinski definition) is 1. The lowest BCUT2D eigenvalue weighted by atomic mass is 10.1. The highest BCUT2D eigenvalue weighted by Crippen LogP contribution is 2.21. The number of ether oxygens (including phenoxy) is 2. The average molecular weight is 271 g/mol. The number of aryl methyl sites for hydroxylation is 2. The number of anilines is 1. The topological polar surface area (TPSA) is 44.5 Å². The lowest BCUT2D eigenvalue weighted by Crippen LogP contribution is -2.06. The quantitative estimate of drug-likeness (QED) is 0.643. The molecule has 0 amide bonds. The SMILES string of the molecule is Cc1ccc(C)c(OCCCOc2ccccc2N)c1. The van der Waals surface area contributed by atoms with Crippen molar-refractivity contribution in [1.82, 2.24) is 0 Å². The molecule has 2 aromatic rings. The lowest BCUT2D eigenvalue weighted by molar-refractivity contribution is 0.247. The van der Waals surface area contributed by atoms with Crippen LogP contribution in [0.2, 0.25) is 0 Å². The third-order valence-corrected chi connectivity index (χ3v) is 3.07. The van der Waals surface area contributed by atoms with E-state index < -0.39 is 0 Å². The van der Waals surface area contributed by atoms with Crippen molar-refractivity contribution in [3.05, 3.63) is 53.6 Å².